The number of nitrogen functional groups attached to an aromatic ring is 1. The van der Waals surface area contributed by atoms with Crippen LogP contribution in [0.25, 0.3) is 11.0 Å². The molecule has 4 nitrogen and oxygen atoms in total. The van der Waals surface area contributed by atoms with Crippen molar-refractivity contribution in [2.75, 3.05) is 12.8 Å². The molecule has 0 bridgehead atoms. The highest BCUT2D eigenvalue weighted by Crippen LogP contribution is 2.30. The fourth-order valence-corrected chi connectivity index (χ4v) is 2.93. The predicted molar refractivity (Wildman–Crippen MR) is 83.1 cm³/mol. The Kier molecular flexibility index (Phi) is 3.52. The van der Waals surface area contributed by atoms with Gasteiger partial charge in [0.15, 0.2) is 5.16 Å². The molecule has 0 saturated carbocycles. The van der Waals surface area contributed by atoms with Crippen molar-refractivity contribution in [2.45, 2.75) is 10.9 Å². The van der Waals surface area contributed by atoms with Crippen molar-refractivity contribution in [1.29, 1.82) is 0 Å². The number of benzene rings is 2. The number of aromatic nitrogens is 2. The third kappa shape index (κ3) is 2.44. The molecule has 3 aromatic rings. The molecule has 2 aromatic carbocycles. The van der Waals surface area contributed by atoms with Gasteiger partial charge in [-0.15, -0.1) is 0 Å². The number of fused-ring (bicyclic) bond motifs is 1. The Labute approximate surface area is 121 Å². The molecule has 102 valence electrons. The zero-order valence-electron chi connectivity index (χ0n) is 11.1. The molecule has 0 fully saturated rings. The second-order valence-electron chi connectivity index (χ2n) is 4.38. The molecular weight excluding hydrogens is 270 g/mol. The van der Waals surface area contributed by atoms with Gasteiger partial charge in [0, 0.05) is 5.75 Å². The number of nitrogens with one attached hydrogen (secondary N) is 1. The first kappa shape index (κ1) is 12.9. The minimum Gasteiger partial charge on any atom is -0.495 e. The Bertz CT molecular complexity index is 706. The van der Waals surface area contributed by atoms with Crippen molar-refractivity contribution in [2.24, 2.45) is 0 Å². The minimum absolute atomic E-state index is 0.693. The maximum Gasteiger partial charge on any atom is 0.166 e. The zero-order chi connectivity index (χ0) is 13.9. The number of rotatable bonds is 4. The number of H-pyrrole nitrogens is 1. The van der Waals surface area contributed by atoms with Crippen molar-refractivity contribution >= 4 is 28.5 Å². The fraction of sp³-hybridized carbons (Fsp3) is 0.133. The third-order valence-corrected chi connectivity index (χ3v) is 4.03. The fourth-order valence-electron chi connectivity index (χ4n) is 2.04. The van der Waals surface area contributed by atoms with E-state index in [0.29, 0.717) is 11.4 Å². The number of imidazole rings is 1. The molecule has 0 aliphatic carbocycles. The maximum atomic E-state index is 6.06. The molecule has 1 aromatic heterocycles. The van der Waals surface area contributed by atoms with Gasteiger partial charge in [-0.25, -0.2) is 4.98 Å². The number of methoxy groups -OCH3 is 1. The average Bonchev–Trinajstić information content (AvgIpc) is 2.89. The molecule has 0 amide bonds. The van der Waals surface area contributed by atoms with Crippen LogP contribution in [-0.4, -0.2) is 17.1 Å². The van der Waals surface area contributed by atoms with Gasteiger partial charge in [0.25, 0.3) is 0 Å². The van der Waals surface area contributed by atoms with Crippen LogP contribution in [0, 0.1) is 0 Å². The molecule has 0 spiro atoms. The van der Waals surface area contributed by atoms with Crippen LogP contribution >= 0.6 is 11.8 Å². The summed E-state index contributed by atoms with van der Waals surface area (Å²) in [6.45, 7) is 0. The number of nitrogens with two attached hydrogens (primary N) is 1. The zero-order valence-corrected chi connectivity index (χ0v) is 11.9. The predicted octanol–water partition coefficient (Wildman–Crippen LogP) is 3.45. The van der Waals surface area contributed by atoms with E-state index < -0.39 is 0 Å². The summed E-state index contributed by atoms with van der Waals surface area (Å²) in [7, 11) is 1.63. The second kappa shape index (κ2) is 5.46. The number of anilines is 1. The van der Waals surface area contributed by atoms with E-state index >= 15 is 0 Å². The molecule has 0 aliphatic heterocycles. The summed E-state index contributed by atoms with van der Waals surface area (Å²) >= 11 is 1.63. The number of para-hydroxylation sites is 3. The standard InChI is InChI=1S/C15H15N3OS/c1-19-13-8-4-5-10(14(13)16)9-20-15-17-11-6-2-3-7-12(11)18-15/h2-8H,9,16H2,1H3,(H,17,18). The summed E-state index contributed by atoms with van der Waals surface area (Å²) in [6.07, 6.45) is 0. The van der Waals surface area contributed by atoms with E-state index in [1.165, 1.54) is 0 Å². The Morgan fingerprint density at radius 3 is 2.85 bits per heavy atom. The first-order valence-corrected chi connectivity index (χ1v) is 7.25. The number of hydrogen-bond acceptors (Lipinski definition) is 4. The van der Waals surface area contributed by atoms with Crippen LogP contribution in [0.1, 0.15) is 5.56 Å². The average molecular weight is 285 g/mol. The largest absolute Gasteiger partial charge is 0.495 e. The Hall–Kier alpha value is -2.14. The lowest BCUT2D eigenvalue weighted by molar-refractivity contribution is 0.416. The smallest absolute Gasteiger partial charge is 0.166 e. The van der Waals surface area contributed by atoms with Crippen molar-refractivity contribution in [1.82, 2.24) is 9.97 Å². The normalized spacial score (nSPS) is 10.8. The van der Waals surface area contributed by atoms with Crippen molar-refractivity contribution in [3.8, 4) is 5.75 Å². The number of thioether (sulfide) groups is 1. The molecule has 0 aliphatic rings. The second-order valence-corrected chi connectivity index (χ2v) is 5.34. The molecule has 0 saturated heterocycles. The van der Waals surface area contributed by atoms with Crippen molar-refractivity contribution in [3.05, 3.63) is 48.0 Å². The van der Waals surface area contributed by atoms with E-state index in [-0.39, 0.29) is 0 Å². The van der Waals surface area contributed by atoms with E-state index in [2.05, 4.69) is 9.97 Å². The van der Waals surface area contributed by atoms with Crippen LogP contribution in [0.3, 0.4) is 0 Å². The highest BCUT2D eigenvalue weighted by atomic mass is 32.2. The van der Waals surface area contributed by atoms with Gasteiger partial charge < -0.3 is 15.5 Å². The molecule has 3 N–H and O–H groups in total. The van der Waals surface area contributed by atoms with E-state index in [9.17, 15) is 0 Å². The number of aromatic amines is 1. The quantitative estimate of drug-likeness (QED) is 0.569. The lowest BCUT2D eigenvalue weighted by Crippen LogP contribution is -1.97. The molecule has 1 heterocycles. The van der Waals surface area contributed by atoms with Gasteiger partial charge in [0.2, 0.25) is 0 Å². The number of ether oxygens (including phenoxy) is 1. The first-order chi connectivity index (χ1) is 9.78. The van der Waals surface area contributed by atoms with Gasteiger partial charge in [-0.1, -0.05) is 36.0 Å². The minimum atomic E-state index is 0.693. The summed E-state index contributed by atoms with van der Waals surface area (Å²) in [5.74, 6) is 1.47. The van der Waals surface area contributed by atoms with Crippen LogP contribution in [0.5, 0.6) is 5.75 Å². The Morgan fingerprint density at radius 1 is 1.20 bits per heavy atom. The molecule has 0 atom stereocenters. The summed E-state index contributed by atoms with van der Waals surface area (Å²) in [6, 6.07) is 13.8. The van der Waals surface area contributed by atoms with Crippen molar-refractivity contribution < 1.29 is 4.74 Å². The van der Waals surface area contributed by atoms with Crippen LogP contribution in [-0.2, 0) is 5.75 Å². The van der Waals surface area contributed by atoms with Gasteiger partial charge in [0.1, 0.15) is 5.75 Å². The molecule has 0 radical (unpaired) electrons. The molecule has 5 heteroatoms. The lowest BCUT2D eigenvalue weighted by Gasteiger charge is -2.08. The van der Waals surface area contributed by atoms with Crippen LogP contribution in [0.15, 0.2) is 47.6 Å². The Balaban J connectivity index is 1.79. The third-order valence-electron chi connectivity index (χ3n) is 3.11. The molecule has 20 heavy (non-hydrogen) atoms. The van der Waals surface area contributed by atoms with E-state index in [4.69, 9.17) is 10.5 Å². The topological polar surface area (TPSA) is 63.9 Å². The van der Waals surface area contributed by atoms with Crippen LogP contribution in [0.4, 0.5) is 5.69 Å². The lowest BCUT2D eigenvalue weighted by atomic mass is 10.2. The highest BCUT2D eigenvalue weighted by Gasteiger charge is 2.07. The van der Waals surface area contributed by atoms with Crippen molar-refractivity contribution in [3.63, 3.8) is 0 Å². The van der Waals surface area contributed by atoms with Crippen LogP contribution < -0.4 is 10.5 Å². The maximum absolute atomic E-state index is 6.06. The summed E-state index contributed by atoms with van der Waals surface area (Å²) in [5.41, 5.74) is 9.84. The first-order valence-electron chi connectivity index (χ1n) is 6.27. The molecule has 0 unspecified atom stereocenters. The summed E-state index contributed by atoms with van der Waals surface area (Å²) in [5, 5.41) is 0.897. The van der Waals surface area contributed by atoms with Gasteiger partial charge in [-0.2, -0.15) is 0 Å². The highest BCUT2D eigenvalue weighted by molar-refractivity contribution is 7.98. The van der Waals surface area contributed by atoms with Gasteiger partial charge >= 0.3 is 0 Å². The summed E-state index contributed by atoms with van der Waals surface area (Å²) < 4.78 is 5.23. The van der Waals surface area contributed by atoms with Gasteiger partial charge in [0.05, 0.1) is 23.8 Å². The Morgan fingerprint density at radius 2 is 2.05 bits per heavy atom. The number of nitrogens with zero attached hydrogens (tertiary/aromatic N) is 1. The van der Waals surface area contributed by atoms with E-state index in [0.717, 1.165) is 27.5 Å². The van der Waals surface area contributed by atoms with E-state index in [1.807, 2.05) is 42.5 Å². The molecule has 3 rings (SSSR count). The number of hydrogen-bond donors (Lipinski definition) is 2. The van der Waals surface area contributed by atoms with Gasteiger partial charge in [-0.05, 0) is 23.8 Å². The van der Waals surface area contributed by atoms with Gasteiger partial charge in [-0.3, -0.25) is 0 Å². The van der Waals surface area contributed by atoms with Crippen LogP contribution in [0.2, 0.25) is 0 Å². The molecular formula is C15H15N3OS. The monoisotopic (exact) mass is 285 g/mol. The summed E-state index contributed by atoms with van der Waals surface area (Å²) in [4.78, 5) is 7.83. The van der Waals surface area contributed by atoms with E-state index in [1.54, 1.807) is 18.9 Å². The SMILES string of the molecule is COc1cccc(CSc2nc3ccccc3[nH]2)c1N.